The zero-order valence-electron chi connectivity index (χ0n) is 12.2. The molecular weight excluding hydrogens is 228 g/mol. The average Bonchev–Trinajstić information content (AvgIpc) is 2.56. The lowest BCUT2D eigenvalue weighted by molar-refractivity contribution is -0.124. The van der Waals surface area contributed by atoms with E-state index in [1.165, 1.54) is 0 Å². The van der Waals surface area contributed by atoms with Crippen molar-refractivity contribution in [3.05, 3.63) is 0 Å². The summed E-state index contributed by atoms with van der Waals surface area (Å²) in [7, 11) is 0. The van der Waals surface area contributed by atoms with Gasteiger partial charge in [0.1, 0.15) is 0 Å². The molecule has 0 aromatic rings. The minimum absolute atomic E-state index is 0.0958. The Kier molecular flexibility index (Phi) is 5.17. The molecule has 1 saturated heterocycles. The minimum atomic E-state index is -0.199. The second-order valence-electron chi connectivity index (χ2n) is 6.43. The SMILES string of the molecule is CC1OCCC1(C)NC(=O)CCC(C)(C)CCN. The van der Waals surface area contributed by atoms with E-state index in [1.54, 1.807) is 0 Å². The maximum atomic E-state index is 12.0. The zero-order valence-corrected chi connectivity index (χ0v) is 12.2. The summed E-state index contributed by atoms with van der Waals surface area (Å²) >= 11 is 0. The molecule has 2 atom stereocenters. The molecule has 1 amide bonds. The number of rotatable bonds is 6. The van der Waals surface area contributed by atoms with Gasteiger partial charge in [0.05, 0.1) is 11.6 Å². The van der Waals surface area contributed by atoms with Crippen molar-refractivity contribution in [2.24, 2.45) is 11.1 Å². The van der Waals surface area contributed by atoms with Gasteiger partial charge in [-0.2, -0.15) is 0 Å². The molecule has 1 fully saturated rings. The Morgan fingerprint density at radius 1 is 1.50 bits per heavy atom. The van der Waals surface area contributed by atoms with Crippen LogP contribution in [-0.4, -0.2) is 30.7 Å². The topological polar surface area (TPSA) is 64.3 Å². The van der Waals surface area contributed by atoms with Crippen molar-refractivity contribution in [1.82, 2.24) is 5.32 Å². The van der Waals surface area contributed by atoms with Crippen LogP contribution in [-0.2, 0) is 9.53 Å². The molecule has 0 aromatic carbocycles. The molecule has 4 nitrogen and oxygen atoms in total. The molecule has 0 radical (unpaired) electrons. The van der Waals surface area contributed by atoms with Crippen LogP contribution in [0.2, 0.25) is 0 Å². The highest BCUT2D eigenvalue weighted by Gasteiger charge is 2.38. The summed E-state index contributed by atoms with van der Waals surface area (Å²) in [6, 6.07) is 0. The fraction of sp³-hybridized carbons (Fsp3) is 0.929. The molecule has 0 spiro atoms. The van der Waals surface area contributed by atoms with Crippen LogP contribution < -0.4 is 11.1 Å². The van der Waals surface area contributed by atoms with Crippen LogP contribution in [0.5, 0.6) is 0 Å². The van der Waals surface area contributed by atoms with Gasteiger partial charge in [0.25, 0.3) is 0 Å². The van der Waals surface area contributed by atoms with Gasteiger partial charge in [0.15, 0.2) is 0 Å². The Morgan fingerprint density at radius 2 is 2.17 bits per heavy atom. The van der Waals surface area contributed by atoms with E-state index in [0.717, 1.165) is 25.9 Å². The maximum absolute atomic E-state index is 12.0. The number of hydrogen-bond donors (Lipinski definition) is 2. The van der Waals surface area contributed by atoms with Crippen molar-refractivity contribution in [3.8, 4) is 0 Å². The second-order valence-corrected chi connectivity index (χ2v) is 6.43. The summed E-state index contributed by atoms with van der Waals surface area (Å²) in [5.74, 6) is 0.125. The van der Waals surface area contributed by atoms with Crippen molar-refractivity contribution in [1.29, 1.82) is 0 Å². The lowest BCUT2D eigenvalue weighted by Crippen LogP contribution is -2.50. The lowest BCUT2D eigenvalue weighted by atomic mass is 9.84. The van der Waals surface area contributed by atoms with Gasteiger partial charge in [-0.25, -0.2) is 0 Å². The van der Waals surface area contributed by atoms with Crippen LogP contribution in [0.25, 0.3) is 0 Å². The molecule has 106 valence electrons. The summed E-state index contributed by atoms with van der Waals surface area (Å²) in [5.41, 5.74) is 5.52. The molecule has 1 heterocycles. The van der Waals surface area contributed by atoms with E-state index in [1.807, 2.05) is 6.92 Å². The Balaban J connectivity index is 2.38. The fourth-order valence-corrected chi connectivity index (χ4v) is 2.35. The summed E-state index contributed by atoms with van der Waals surface area (Å²) in [6.45, 7) is 9.82. The highest BCUT2D eigenvalue weighted by atomic mass is 16.5. The summed E-state index contributed by atoms with van der Waals surface area (Å²) in [5, 5.41) is 3.12. The minimum Gasteiger partial charge on any atom is -0.376 e. The first-order chi connectivity index (χ1) is 8.29. The number of carbonyl (C=O) groups excluding carboxylic acids is 1. The number of amides is 1. The Bertz CT molecular complexity index is 292. The molecule has 0 aromatic heterocycles. The van der Waals surface area contributed by atoms with Gasteiger partial charge in [-0.05, 0) is 45.1 Å². The predicted octanol–water partition coefficient (Wildman–Crippen LogP) is 1.83. The van der Waals surface area contributed by atoms with Crippen molar-refractivity contribution < 1.29 is 9.53 Å². The number of ether oxygens (including phenoxy) is 1. The van der Waals surface area contributed by atoms with Crippen LogP contribution in [0.4, 0.5) is 0 Å². The fourth-order valence-electron chi connectivity index (χ4n) is 2.35. The molecule has 1 aliphatic heterocycles. The number of carbonyl (C=O) groups is 1. The average molecular weight is 256 g/mol. The second kappa shape index (κ2) is 6.02. The van der Waals surface area contributed by atoms with E-state index in [2.05, 4.69) is 26.1 Å². The van der Waals surface area contributed by atoms with Gasteiger partial charge < -0.3 is 15.8 Å². The third-order valence-electron chi connectivity index (χ3n) is 4.16. The van der Waals surface area contributed by atoms with E-state index in [-0.39, 0.29) is 23.0 Å². The molecule has 4 heteroatoms. The summed E-state index contributed by atoms with van der Waals surface area (Å²) in [6.07, 6.45) is 3.39. The Morgan fingerprint density at radius 3 is 2.67 bits per heavy atom. The quantitative estimate of drug-likeness (QED) is 0.762. The first-order valence-electron chi connectivity index (χ1n) is 6.92. The predicted molar refractivity (Wildman–Crippen MR) is 73.3 cm³/mol. The molecule has 0 bridgehead atoms. The van der Waals surface area contributed by atoms with Crippen molar-refractivity contribution >= 4 is 5.91 Å². The third kappa shape index (κ3) is 4.25. The van der Waals surface area contributed by atoms with Crippen LogP contribution in [0.1, 0.15) is 53.4 Å². The van der Waals surface area contributed by atoms with Gasteiger partial charge in [0.2, 0.25) is 5.91 Å². The largest absolute Gasteiger partial charge is 0.376 e. The van der Waals surface area contributed by atoms with Crippen molar-refractivity contribution in [3.63, 3.8) is 0 Å². The number of nitrogens with one attached hydrogen (secondary N) is 1. The smallest absolute Gasteiger partial charge is 0.220 e. The highest BCUT2D eigenvalue weighted by Crippen LogP contribution is 2.28. The number of hydrogen-bond acceptors (Lipinski definition) is 3. The van der Waals surface area contributed by atoms with Gasteiger partial charge in [0, 0.05) is 13.0 Å². The Labute approximate surface area is 111 Å². The molecule has 0 saturated carbocycles. The van der Waals surface area contributed by atoms with Crippen molar-refractivity contribution in [2.45, 2.75) is 65.0 Å². The van der Waals surface area contributed by atoms with E-state index < -0.39 is 0 Å². The van der Waals surface area contributed by atoms with Gasteiger partial charge >= 0.3 is 0 Å². The van der Waals surface area contributed by atoms with E-state index in [9.17, 15) is 4.79 Å². The van der Waals surface area contributed by atoms with Crippen LogP contribution >= 0.6 is 0 Å². The standard InChI is InChI=1S/C14H28N2O2/c1-11-14(4,8-10-18-11)16-12(17)5-6-13(2,3)7-9-15/h11H,5-10,15H2,1-4H3,(H,16,17). The van der Waals surface area contributed by atoms with E-state index in [4.69, 9.17) is 10.5 Å². The highest BCUT2D eigenvalue weighted by molar-refractivity contribution is 5.76. The summed E-state index contributed by atoms with van der Waals surface area (Å²) < 4.78 is 5.52. The van der Waals surface area contributed by atoms with Crippen LogP contribution in [0, 0.1) is 5.41 Å². The first-order valence-corrected chi connectivity index (χ1v) is 6.92. The lowest BCUT2D eigenvalue weighted by Gasteiger charge is -2.30. The molecule has 0 aliphatic carbocycles. The van der Waals surface area contributed by atoms with E-state index in [0.29, 0.717) is 13.0 Å². The monoisotopic (exact) mass is 256 g/mol. The molecule has 18 heavy (non-hydrogen) atoms. The maximum Gasteiger partial charge on any atom is 0.220 e. The normalized spacial score (nSPS) is 28.4. The molecule has 1 aliphatic rings. The molecular formula is C14H28N2O2. The van der Waals surface area contributed by atoms with Crippen LogP contribution in [0.3, 0.4) is 0 Å². The van der Waals surface area contributed by atoms with Crippen LogP contribution in [0.15, 0.2) is 0 Å². The zero-order chi connectivity index (χ0) is 13.8. The summed E-state index contributed by atoms with van der Waals surface area (Å²) in [4.78, 5) is 12.0. The molecule has 2 unspecified atom stereocenters. The number of nitrogens with two attached hydrogens (primary N) is 1. The third-order valence-corrected chi connectivity index (χ3v) is 4.16. The van der Waals surface area contributed by atoms with Gasteiger partial charge in [-0.15, -0.1) is 0 Å². The molecule has 3 N–H and O–H groups in total. The Hall–Kier alpha value is -0.610. The first kappa shape index (κ1) is 15.4. The molecule has 1 rings (SSSR count). The van der Waals surface area contributed by atoms with Crippen molar-refractivity contribution in [2.75, 3.05) is 13.2 Å². The van der Waals surface area contributed by atoms with Gasteiger partial charge in [-0.1, -0.05) is 13.8 Å². The van der Waals surface area contributed by atoms with Gasteiger partial charge in [-0.3, -0.25) is 4.79 Å². The van der Waals surface area contributed by atoms with E-state index >= 15 is 0 Å².